The van der Waals surface area contributed by atoms with Gasteiger partial charge in [0.15, 0.2) is 6.61 Å². The van der Waals surface area contributed by atoms with Crippen molar-refractivity contribution in [1.82, 2.24) is 4.90 Å². The van der Waals surface area contributed by atoms with Crippen LogP contribution in [0.3, 0.4) is 0 Å². The van der Waals surface area contributed by atoms with Gasteiger partial charge in [-0.2, -0.15) is 0 Å². The number of β-amino-alcohol motifs (C(OH)–C–C–N with tert-alkyl or cyclic N) is 1. The molecular weight excluding hydrogens is 421 g/mol. The Hall–Kier alpha value is -3.79. The van der Waals surface area contributed by atoms with Crippen molar-refractivity contribution in [2.24, 2.45) is 5.73 Å². The first-order chi connectivity index (χ1) is 15.2. The normalized spacial score (nSPS) is 17.6. The fraction of sp³-hybridized carbons (Fsp3) is 0.273. The van der Waals surface area contributed by atoms with E-state index in [0.29, 0.717) is 5.69 Å². The molecule has 0 spiro atoms. The summed E-state index contributed by atoms with van der Waals surface area (Å²) >= 11 is 0. The molecule has 9 nitrogen and oxygen atoms in total. The van der Waals surface area contributed by atoms with Crippen molar-refractivity contribution in [3.8, 4) is 0 Å². The van der Waals surface area contributed by atoms with Gasteiger partial charge in [-0.3, -0.25) is 14.4 Å². The van der Waals surface area contributed by atoms with Crippen LogP contribution in [0, 0.1) is 5.82 Å². The second-order valence-corrected chi connectivity index (χ2v) is 7.32. The molecule has 1 heterocycles. The van der Waals surface area contributed by atoms with Crippen LogP contribution in [0.25, 0.3) is 0 Å². The lowest BCUT2D eigenvalue weighted by molar-refractivity contribution is -0.155. The molecule has 0 bridgehead atoms. The lowest BCUT2D eigenvalue weighted by Gasteiger charge is -2.23. The van der Waals surface area contributed by atoms with Crippen LogP contribution in [0.4, 0.5) is 10.1 Å². The number of nitrogens with zero attached hydrogens (tertiary/aromatic N) is 1. The minimum Gasteiger partial charge on any atom is -0.454 e. The number of carbonyl (C=O) groups excluding carboxylic acids is 4. The Labute approximate surface area is 183 Å². The van der Waals surface area contributed by atoms with Crippen LogP contribution in [0.15, 0.2) is 48.5 Å². The summed E-state index contributed by atoms with van der Waals surface area (Å²) in [5, 5.41) is 12.4. The van der Waals surface area contributed by atoms with Crippen molar-refractivity contribution < 1.29 is 33.4 Å². The van der Waals surface area contributed by atoms with Gasteiger partial charge in [-0.05, 0) is 35.9 Å². The molecule has 0 aliphatic carbocycles. The number of carbonyl (C=O) groups is 4. The number of aliphatic hydroxyl groups is 1. The molecule has 3 rings (SSSR count). The SMILES string of the molecule is NC(=O)c1ccc(NC(=O)COC(=O)C2CC(O)CN2C(=O)Cc2ccccc2F)cc1. The molecule has 0 saturated carbocycles. The molecule has 0 aromatic heterocycles. The van der Waals surface area contributed by atoms with Gasteiger partial charge in [0.2, 0.25) is 11.8 Å². The van der Waals surface area contributed by atoms with E-state index in [4.69, 9.17) is 10.5 Å². The van der Waals surface area contributed by atoms with E-state index >= 15 is 0 Å². The fourth-order valence-corrected chi connectivity index (χ4v) is 3.37. The van der Waals surface area contributed by atoms with Crippen LogP contribution in [0.5, 0.6) is 0 Å². The number of hydrogen-bond donors (Lipinski definition) is 3. The van der Waals surface area contributed by atoms with Gasteiger partial charge in [-0.1, -0.05) is 18.2 Å². The molecule has 2 atom stereocenters. The van der Waals surface area contributed by atoms with E-state index in [0.717, 1.165) is 4.90 Å². The number of benzene rings is 2. The van der Waals surface area contributed by atoms with E-state index in [1.807, 2.05) is 0 Å². The van der Waals surface area contributed by atoms with Gasteiger partial charge < -0.3 is 25.8 Å². The summed E-state index contributed by atoms with van der Waals surface area (Å²) in [4.78, 5) is 49.3. The topological polar surface area (TPSA) is 139 Å². The van der Waals surface area contributed by atoms with Crippen molar-refractivity contribution in [3.05, 3.63) is 65.5 Å². The number of amides is 3. The summed E-state index contributed by atoms with van der Waals surface area (Å²) in [6, 6.07) is 10.5. The van der Waals surface area contributed by atoms with Crippen molar-refractivity contribution in [2.75, 3.05) is 18.5 Å². The first kappa shape index (κ1) is 22.9. The molecule has 3 amide bonds. The smallest absolute Gasteiger partial charge is 0.329 e. The molecule has 1 saturated heterocycles. The van der Waals surface area contributed by atoms with E-state index < -0.39 is 48.3 Å². The van der Waals surface area contributed by atoms with E-state index in [-0.39, 0.29) is 30.5 Å². The van der Waals surface area contributed by atoms with Gasteiger partial charge in [0, 0.05) is 24.2 Å². The van der Waals surface area contributed by atoms with Gasteiger partial charge in [0.25, 0.3) is 5.91 Å². The van der Waals surface area contributed by atoms with Crippen molar-refractivity contribution in [3.63, 3.8) is 0 Å². The average Bonchev–Trinajstić information content (AvgIpc) is 3.16. The van der Waals surface area contributed by atoms with E-state index in [9.17, 15) is 28.7 Å². The van der Waals surface area contributed by atoms with Crippen LogP contribution in [-0.4, -0.2) is 59.0 Å². The molecule has 2 unspecified atom stereocenters. The van der Waals surface area contributed by atoms with Gasteiger partial charge in [0.05, 0.1) is 12.5 Å². The molecular formula is C22H22FN3O6. The first-order valence-corrected chi connectivity index (χ1v) is 9.82. The summed E-state index contributed by atoms with van der Waals surface area (Å²) in [7, 11) is 0. The highest BCUT2D eigenvalue weighted by Crippen LogP contribution is 2.21. The minimum atomic E-state index is -1.08. The summed E-state index contributed by atoms with van der Waals surface area (Å²) in [6.07, 6.45) is -1.25. The zero-order valence-corrected chi connectivity index (χ0v) is 17.0. The first-order valence-electron chi connectivity index (χ1n) is 9.82. The minimum absolute atomic E-state index is 0.0436. The highest BCUT2D eigenvalue weighted by Gasteiger charge is 2.40. The molecule has 10 heteroatoms. The Kier molecular flexibility index (Phi) is 7.16. The number of esters is 1. The summed E-state index contributed by atoms with van der Waals surface area (Å²) in [6.45, 7) is -0.705. The number of likely N-dealkylation sites (tertiary alicyclic amines) is 1. The second kappa shape index (κ2) is 10.0. The predicted molar refractivity (Wildman–Crippen MR) is 111 cm³/mol. The molecule has 1 aliphatic heterocycles. The zero-order chi connectivity index (χ0) is 23.3. The van der Waals surface area contributed by atoms with Crippen LogP contribution in [-0.2, 0) is 25.5 Å². The second-order valence-electron chi connectivity index (χ2n) is 7.32. The summed E-state index contributed by atoms with van der Waals surface area (Å²) in [5.74, 6) is -3.16. The summed E-state index contributed by atoms with van der Waals surface area (Å²) in [5.41, 5.74) is 5.97. The Bertz CT molecular complexity index is 1030. The van der Waals surface area contributed by atoms with Gasteiger partial charge in [-0.15, -0.1) is 0 Å². The van der Waals surface area contributed by atoms with Gasteiger partial charge in [0.1, 0.15) is 11.9 Å². The molecule has 1 fully saturated rings. The predicted octanol–water partition coefficient (Wildman–Crippen LogP) is 0.611. The maximum atomic E-state index is 13.8. The van der Waals surface area contributed by atoms with Crippen molar-refractivity contribution in [1.29, 1.82) is 0 Å². The maximum absolute atomic E-state index is 13.8. The van der Waals surface area contributed by atoms with Crippen LogP contribution >= 0.6 is 0 Å². The number of halogens is 1. The van der Waals surface area contributed by atoms with Crippen LogP contribution < -0.4 is 11.1 Å². The Morgan fingerprint density at radius 1 is 1.12 bits per heavy atom. The third kappa shape index (κ3) is 5.67. The molecule has 32 heavy (non-hydrogen) atoms. The third-order valence-electron chi connectivity index (χ3n) is 4.97. The maximum Gasteiger partial charge on any atom is 0.329 e. The van der Waals surface area contributed by atoms with Crippen molar-refractivity contribution in [2.45, 2.75) is 25.0 Å². The molecule has 1 aliphatic rings. The molecule has 0 radical (unpaired) electrons. The quantitative estimate of drug-likeness (QED) is 0.536. The number of hydrogen-bond acceptors (Lipinski definition) is 6. The highest BCUT2D eigenvalue weighted by atomic mass is 19.1. The lowest BCUT2D eigenvalue weighted by atomic mass is 10.1. The Morgan fingerprint density at radius 2 is 1.81 bits per heavy atom. The molecule has 2 aromatic rings. The summed E-state index contributed by atoms with van der Waals surface area (Å²) < 4.78 is 18.9. The number of ether oxygens (including phenoxy) is 1. The van der Waals surface area contributed by atoms with Gasteiger partial charge in [-0.25, -0.2) is 9.18 Å². The Balaban J connectivity index is 1.55. The largest absolute Gasteiger partial charge is 0.454 e. The number of rotatable bonds is 7. The number of nitrogens with two attached hydrogens (primary N) is 1. The lowest BCUT2D eigenvalue weighted by Crippen LogP contribution is -2.43. The molecule has 4 N–H and O–H groups in total. The number of anilines is 1. The monoisotopic (exact) mass is 443 g/mol. The zero-order valence-electron chi connectivity index (χ0n) is 17.0. The van der Waals surface area contributed by atoms with E-state index in [1.54, 1.807) is 6.07 Å². The van der Waals surface area contributed by atoms with E-state index in [2.05, 4.69) is 5.32 Å². The Morgan fingerprint density at radius 3 is 2.47 bits per heavy atom. The fourth-order valence-electron chi connectivity index (χ4n) is 3.37. The number of aliphatic hydroxyl groups excluding tert-OH is 1. The highest BCUT2D eigenvalue weighted by molar-refractivity contribution is 5.96. The number of nitrogens with one attached hydrogen (secondary N) is 1. The molecule has 168 valence electrons. The number of primary amides is 1. The van der Waals surface area contributed by atoms with Crippen LogP contribution in [0.1, 0.15) is 22.3 Å². The third-order valence-corrected chi connectivity index (χ3v) is 4.97. The van der Waals surface area contributed by atoms with Crippen LogP contribution in [0.2, 0.25) is 0 Å². The molecule has 2 aromatic carbocycles. The standard InChI is InChI=1S/C22H22FN3O6/c23-17-4-2-1-3-14(17)9-20(29)26-11-16(27)10-18(26)22(31)32-12-19(28)25-15-7-5-13(6-8-15)21(24)30/h1-8,16,18,27H,9-12H2,(H2,24,30)(H,25,28). The van der Waals surface area contributed by atoms with E-state index in [1.165, 1.54) is 42.5 Å². The average molecular weight is 443 g/mol. The van der Waals surface area contributed by atoms with Crippen molar-refractivity contribution >= 4 is 29.4 Å². The van der Waals surface area contributed by atoms with Gasteiger partial charge >= 0.3 is 5.97 Å².